The molecule has 0 saturated carbocycles. The molecule has 0 saturated heterocycles. The minimum Gasteiger partial charge on any atom is -0.361 e. The van der Waals surface area contributed by atoms with E-state index in [1.165, 1.54) is 0 Å². The quantitative estimate of drug-likeness (QED) is 0.272. The standard InChI is InChI=1S/C15H7Cl5N2/c16-9-10(17)12(19)15(13(20)11(9)18)22-6-8-3-1-2-7-4-5-21-14(7)8/h1-6,21H/b22-6+. The van der Waals surface area contributed by atoms with Crippen LogP contribution in [0.3, 0.4) is 0 Å². The van der Waals surface area contributed by atoms with Crippen LogP contribution in [0.15, 0.2) is 35.5 Å². The Morgan fingerprint density at radius 1 is 0.818 bits per heavy atom. The Bertz CT molecular complexity index is 869. The molecule has 3 aromatic rings. The first kappa shape index (κ1) is 16.0. The van der Waals surface area contributed by atoms with Crippen LogP contribution >= 0.6 is 58.0 Å². The third-order valence-corrected chi connectivity index (χ3v) is 5.40. The number of fused-ring (bicyclic) bond motifs is 1. The SMILES string of the molecule is Clc1c(Cl)c(Cl)c(/N=C/c2cccc3cc[nH]c23)c(Cl)c1Cl. The lowest BCUT2D eigenvalue weighted by Gasteiger charge is -2.08. The van der Waals surface area contributed by atoms with Gasteiger partial charge in [0.15, 0.2) is 0 Å². The van der Waals surface area contributed by atoms with Gasteiger partial charge in [-0.2, -0.15) is 0 Å². The highest BCUT2D eigenvalue weighted by Crippen LogP contribution is 2.48. The van der Waals surface area contributed by atoms with Crippen LogP contribution in [0.25, 0.3) is 10.9 Å². The molecule has 0 amide bonds. The van der Waals surface area contributed by atoms with E-state index in [9.17, 15) is 0 Å². The van der Waals surface area contributed by atoms with Gasteiger partial charge < -0.3 is 4.98 Å². The molecule has 0 radical (unpaired) electrons. The van der Waals surface area contributed by atoms with Gasteiger partial charge >= 0.3 is 0 Å². The summed E-state index contributed by atoms with van der Waals surface area (Å²) in [5, 5.41) is 1.77. The zero-order valence-corrected chi connectivity index (χ0v) is 14.6. The van der Waals surface area contributed by atoms with Crippen molar-refractivity contribution in [1.82, 2.24) is 4.98 Å². The van der Waals surface area contributed by atoms with E-state index in [4.69, 9.17) is 58.0 Å². The Hall–Kier alpha value is -0.900. The van der Waals surface area contributed by atoms with Crippen LogP contribution in [-0.2, 0) is 0 Å². The molecule has 2 nitrogen and oxygen atoms in total. The molecule has 0 fully saturated rings. The fourth-order valence-corrected chi connectivity index (χ4v) is 3.28. The number of nitrogens with one attached hydrogen (secondary N) is 1. The first-order valence-corrected chi connectivity index (χ1v) is 8.01. The average Bonchev–Trinajstić information content (AvgIpc) is 3.00. The van der Waals surface area contributed by atoms with Gasteiger partial charge in [-0.05, 0) is 6.07 Å². The second-order valence-electron chi connectivity index (χ2n) is 4.47. The monoisotopic (exact) mass is 390 g/mol. The number of para-hydroxylation sites is 1. The van der Waals surface area contributed by atoms with Crippen molar-refractivity contribution in [2.24, 2.45) is 4.99 Å². The average molecular weight is 393 g/mol. The summed E-state index contributed by atoms with van der Waals surface area (Å²) in [7, 11) is 0. The smallest absolute Gasteiger partial charge is 0.103 e. The molecule has 0 bridgehead atoms. The summed E-state index contributed by atoms with van der Waals surface area (Å²) in [5.74, 6) is 0. The Morgan fingerprint density at radius 3 is 2.14 bits per heavy atom. The maximum Gasteiger partial charge on any atom is 0.103 e. The molecule has 2 aromatic carbocycles. The number of aliphatic imine (C=N–C) groups is 1. The van der Waals surface area contributed by atoms with Crippen LogP contribution < -0.4 is 0 Å². The van der Waals surface area contributed by atoms with Crippen molar-refractivity contribution in [3.05, 3.63) is 61.1 Å². The molecule has 22 heavy (non-hydrogen) atoms. The zero-order valence-electron chi connectivity index (χ0n) is 10.8. The van der Waals surface area contributed by atoms with Gasteiger partial charge in [0.25, 0.3) is 0 Å². The molecule has 0 unspecified atom stereocenters. The summed E-state index contributed by atoms with van der Waals surface area (Å²) in [5.41, 5.74) is 2.13. The largest absolute Gasteiger partial charge is 0.361 e. The molecule has 7 heteroatoms. The number of halogens is 5. The third-order valence-electron chi connectivity index (χ3n) is 3.14. The van der Waals surface area contributed by atoms with Gasteiger partial charge in [-0.1, -0.05) is 76.2 Å². The molecule has 0 spiro atoms. The lowest BCUT2D eigenvalue weighted by atomic mass is 10.1. The number of aromatic nitrogens is 1. The van der Waals surface area contributed by atoms with Gasteiger partial charge in [-0.3, -0.25) is 4.99 Å². The summed E-state index contributed by atoms with van der Waals surface area (Å²) in [4.78, 5) is 7.49. The molecule has 0 aliphatic heterocycles. The second kappa shape index (κ2) is 6.31. The van der Waals surface area contributed by atoms with Gasteiger partial charge in [-0.15, -0.1) is 0 Å². The molecular formula is C15H7Cl5N2. The van der Waals surface area contributed by atoms with E-state index in [0.717, 1.165) is 16.5 Å². The Balaban J connectivity index is 2.12. The lowest BCUT2D eigenvalue weighted by molar-refractivity contribution is 1.46. The van der Waals surface area contributed by atoms with Gasteiger partial charge in [-0.25, -0.2) is 0 Å². The topological polar surface area (TPSA) is 28.1 Å². The maximum atomic E-state index is 6.16. The molecule has 1 aromatic heterocycles. The molecule has 0 atom stereocenters. The first-order chi connectivity index (χ1) is 10.5. The predicted octanol–water partition coefficient (Wildman–Crippen LogP) is 7.19. The number of rotatable bonds is 2. The number of nitrogens with zero attached hydrogens (tertiary/aromatic N) is 1. The highest BCUT2D eigenvalue weighted by molar-refractivity contribution is 6.56. The van der Waals surface area contributed by atoms with E-state index in [1.807, 2.05) is 30.5 Å². The second-order valence-corrected chi connectivity index (χ2v) is 6.36. The number of hydrogen-bond donors (Lipinski definition) is 1. The Labute approximate surface area is 151 Å². The van der Waals surface area contributed by atoms with Gasteiger partial charge in [0.2, 0.25) is 0 Å². The van der Waals surface area contributed by atoms with Crippen molar-refractivity contribution in [3.8, 4) is 0 Å². The van der Waals surface area contributed by atoms with Crippen LogP contribution in [0.1, 0.15) is 5.56 Å². The van der Waals surface area contributed by atoms with E-state index < -0.39 is 0 Å². The van der Waals surface area contributed by atoms with Crippen LogP contribution in [0.4, 0.5) is 5.69 Å². The summed E-state index contributed by atoms with van der Waals surface area (Å²) in [6.07, 6.45) is 3.50. The summed E-state index contributed by atoms with van der Waals surface area (Å²) in [6, 6.07) is 7.83. The fourth-order valence-electron chi connectivity index (χ4n) is 2.06. The van der Waals surface area contributed by atoms with Crippen molar-refractivity contribution in [2.75, 3.05) is 0 Å². The van der Waals surface area contributed by atoms with Crippen LogP contribution in [-0.4, -0.2) is 11.2 Å². The maximum absolute atomic E-state index is 6.16. The van der Waals surface area contributed by atoms with Gasteiger partial charge in [0.1, 0.15) is 5.69 Å². The number of hydrogen-bond acceptors (Lipinski definition) is 1. The van der Waals surface area contributed by atoms with Crippen molar-refractivity contribution in [3.63, 3.8) is 0 Å². The van der Waals surface area contributed by atoms with Crippen molar-refractivity contribution in [2.45, 2.75) is 0 Å². The van der Waals surface area contributed by atoms with Crippen molar-refractivity contribution < 1.29 is 0 Å². The highest BCUT2D eigenvalue weighted by atomic mass is 35.5. The van der Waals surface area contributed by atoms with Gasteiger partial charge in [0.05, 0.1) is 30.6 Å². The summed E-state index contributed by atoms with van der Waals surface area (Å²) in [6.45, 7) is 0. The molecule has 0 aliphatic rings. The van der Waals surface area contributed by atoms with E-state index in [1.54, 1.807) is 6.21 Å². The molecule has 3 rings (SSSR count). The molecule has 0 aliphatic carbocycles. The van der Waals surface area contributed by atoms with Crippen LogP contribution in [0.5, 0.6) is 0 Å². The Kier molecular flexibility index (Phi) is 4.58. The third kappa shape index (κ3) is 2.70. The fraction of sp³-hybridized carbons (Fsp3) is 0. The summed E-state index contributed by atoms with van der Waals surface area (Å²) < 4.78 is 0. The zero-order chi connectivity index (χ0) is 15.9. The van der Waals surface area contributed by atoms with E-state index >= 15 is 0 Å². The first-order valence-electron chi connectivity index (χ1n) is 6.12. The van der Waals surface area contributed by atoms with E-state index in [2.05, 4.69) is 9.98 Å². The lowest BCUT2D eigenvalue weighted by Crippen LogP contribution is -1.85. The molecule has 1 N–H and O–H groups in total. The number of aromatic amines is 1. The van der Waals surface area contributed by atoms with Crippen molar-refractivity contribution in [1.29, 1.82) is 0 Å². The number of benzene rings is 2. The minimum atomic E-state index is 0.115. The Morgan fingerprint density at radius 2 is 1.45 bits per heavy atom. The van der Waals surface area contributed by atoms with E-state index in [-0.39, 0.29) is 30.8 Å². The highest BCUT2D eigenvalue weighted by Gasteiger charge is 2.18. The predicted molar refractivity (Wildman–Crippen MR) is 97.0 cm³/mol. The molecular weight excluding hydrogens is 385 g/mol. The summed E-state index contributed by atoms with van der Waals surface area (Å²) >= 11 is 30.3. The van der Waals surface area contributed by atoms with Crippen LogP contribution in [0.2, 0.25) is 25.1 Å². The van der Waals surface area contributed by atoms with Gasteiger partial charge in [0, 0.05) is 23.4 Å². The van der Waals surface area contributed by atoms with Crippen LogP contribution in [0, 0.1) is 0 Å². The minimum absolute atomic E-state index is 0.115. The molecule has 112 valence electrons. The normalized spacial score (nSPS) is 11.7. The van der Waals surface area contributed by atoms with Crippen molar-refractivity contribution >= 4 is 80.8 Å². The molecule has 1 heterocycles. The van der Waals surface area contributed by atoms with E-state index in [0.29, 0.717) is 0 Å². The number of H-pyrrole nitrogens is 1.